The fourth-order valence-corrected chi connectivity index (χ4v) is 2.91. The van der Waals surface area contributed by atoms with Crippen LogP contribution in [0.5, 0.6) is 0 Å². The largest absolute Gasteiger partial charge is 0.332 e. The number of hydrogen-bond donors (Lipinski definition) is 0. The van der Waals surface area contributed by atoms with Gasteiger partial charge >= 0.3 is 10.2 Å². The zero-order chi connectivity index (χ0) is 18.6. The Morgan fingerprint density at radius 1 is 0.960 bits per heavy atom. The van der Waals surface area contributed by atoms with E-state index in [4.69, 9.17) is 23.2 Å². The molecule has 5 nitrogen and oxygen atoms in total. The highest BCUT2D eigenvalue weighted by molar-refractivity contribution is 7.86. The monoisotopic (exact) mass is 401 g/mol. The van der Waals surface area contributed by atoms with Gasteiger partial charge < -0.3 is 0 Å². The van der Waals surface area contributed by atoms with Crippen molar-refractivity contribution in [3.8, 4) is 0 Å². The third-order valence-electron chi connectivity index (χ3n) is 3.11. The van der Waals surface area contributed by atoms with Crippen molar-refractivity contribution in [1.82, 2.24) is 0 Å². The van der Waals surface area contributed by atoms with E-state index in [1.807, 2.05) is 0 Å². The lowest BCUT2D eigenvalue weighted by molar-refractivity contribution is -0.384. The Hall–Kier alpha value is -2.22. The van der Waals surface area contributed by atoms with Gasteiger partial charge in [-0.1, -0.05) is 53.6 Å². The first-order chi connectivity index (χ1) is 11.7. The molecule has 0 atom stereocenters. The van der Waals surface area contributed by atoms with E-state index in [1.165, 1.54) is 24.3 Å². The lowest BCUT2D eigenvalue weighted by Gasteiger charge is -2.00. The van der Waals surface area contributed by atoms with E-state index in [1.54, 1.807) is 24.3 Å². The van der Waals surface area contributed by atoms with Crippen molar-refractivity contribution in [2.45, 2.75) is 4.90 Å². The molecule has 0 radical (unpaired) electrons. The maximum Gasteiger partial charge on any atom is 0.332 e. The molecule has 2 aromatic carbocycles. The number of nitrogens with zero attached hydrogens (tertiary/aromatic N) is 1. The number of allylic oxidation sites excluding steroid dienone is 2. The van der Waals surface area contributed by atoms with E-state index in [-0.39, 0.29) is 15.7 Å². The summed E-state index contributed by atoms with van der Waals surface area (Å²) < 4.78 is 34.5. The molecule has 2 aromatic rings. The van der Waals surface area contributed by atoms with Gasteiger partial charge in [-0.05, 0) is 29.3 Å². The predicted molar refractivity (Wildman–Crippen MR) is 95.9 cm³/mol. The Balaban J connectivity index is 2.16. The average molecular weight is 402 g/mol. The zero-order valence-electron chi connectivity index (χ0n) is 12.4. The smallest absolute Gasteiger partial charge is 0.258 e. The second-order valence-electron chi connectivity index (χ2n) is 4.80. The van der Waals surface area contributed by atoms with Gasteiger partial charge in [-0.3, -0.25) is 10.1 Å². The van der Waals surface area contributed by atoms with Gasteiger partial charge in [-0.2, -0.15) is 8.42 Å². The van der Waals surface area contributed by atoms with Crippen LogP contribution in [-0.2, 0) is 10.2 Å². The zero-order valence-corrected chi connectivity index (χ0v) is 14.7. The molecule has 0 saturated heterocycles. The Bertz CT molecular complexity index is 988. The predicted octanol–water partition coefficient (Wildman–Crippen LogP) is 5.29. The molecular formula is C16H10Cl2FNO4S. The molecular weight excluding hydrogens is 392 g/mol. The van der Waals surface area contributed by atoms with E-state index in [0.29, 0.717) is 11.1 Å². The van der Waals surface area contributed by atoms with Crippen molar-refractivity contribution in [2.75, 3.05) is 0 Å². The third-order valence-corrected chi connectivity index (χ3v) is 4.58. The first-order valence-electron chi connectivity index (χ1n) is 6.71. The summed E-state index contributed by atoms with van der Waals surface area (Å²) in [6.45, 7) is 0. The average Bonchev–Trinajstić information content (AvgIpc) is 2.52. The van der Waals surface area contributed by atoms with Crippen molar-refractivity contribution in [3.63, 3.8) is 0 Å². The molecule has 0 amide bonds. The van der Waals surface area contributed by atoms with Crippen LogP contribution < -0.4 is 0 Å². The molecule has 0 spiro atoms. The van der Waals surface area contributed by atoms with E-state index in [9.17, 15) is 22.4 Å². The van der Waals surface area contributed by atoms with Crippen LogP contribution in [0, 0.1) is 10.1 Å². The molecule has 0 N–H and O–H groups in total. The van der Waals surface area contributed by atoms with Crippen LogP contribution in [0.15, 0.2) is 53.4 Å². The van der Waals surface area contributed by atoms with Crippen LogP contribution in [0.2, 0.25) is 10.0 Å². The molecule has 25 heavy (non-hydrogen) atoms. The molecule has 0 fully saturated rings. The molecule has 0 aliphatic heterocycles. The molecule has 0 unspecified atom stereocenters. The summed E-state index contributed by atoms with van der Waals surface area (Å²) in [6, 6.07) is 7.60. The minimum absolute atomic E-state index is 0.0803. The number of rotatable bonds is 5. The molecule has 0 saturated carbocycles. The van der Waals surface area contributed by atoms with Crippen molar-refractivity contribution in [2.24, 2.45) is 0 Å². The van der Waals surface area contributed by atoms with E-state index < -0.39 is 20.0 Å². The van der Waals surface area contributed by atoms with E-state index >= 15 is 0 Å². The standard InChI is InChI=1S/C16H10Cl2FNO4S/c17-15-9-13(20(21)22)7-5-11(15)3-1-2-4-12-6-8-14(10-16(12)18)25(19,23)24/h1-10H/b3-1-,4-2-. The molecule has 0 aliphatic rings. The molecule has 9 heteroatoms. The Morgan fingerprint density at radius 2 is 1.48 bits per heavy atom. The van der Waals surface area contributed by atoms with Crippen molar-refractivity contribution in [3.05, 3.63) is 79.8 Å². The Morgan fingerprint density at radius 3 is 1.92 bits per heavy atom. The minimum atomic E-state index is -4.80. The molecule has 0 aliphatic carbocycles. The van der Waals surface area contributed by atoms with Gasteiger partial charge in [0.05, 0.1) is 14.8 Å². The van der Waals surface area contributed by atoms with Crippen molar-refractivity contribution in [1.29, 1.82) is 0 Å². The van der Waals surface area contributed by atoms with Crippen LogP contribution in [0.3, 0.4) is 0 Å². The number of halogens is 3. The Labute approximate surface area is 153 Å². The summed E-state index contributed by atoms with van der Waals surface area (Å²) in [5, 5.41) is 11.0. The molecule has 0 heterocycles. The number of benzene rings is 2. The highest BCUT2D eigenvalue weighted by Crippen LogP contribution is 2.25. The van der Waals surface area contributed by atoms with E-state index in [0.717, 1.165) is 12.1 Å². The first kappa shape index (κ1) is 19.1. The topological polar surface area (TPSA) is 77.3 Å². The number of nitro groups is 1. The molecule has 2 rings (SSSR count). The second kappa shape index (κ2) is 7.77. The number of nitro benzene ring substituents is 1. The third kappa shape index (κ3) is 5.12. The highest BCUT2D eigenvalue weighted by atomic mass is 35.5. The van der Waals surface area contributed by atoms with Gasteiger partial charge in [0.25, 0.3) is 5.69 Å². The van der Waals surface area contributed by atoms with Crippen LogP contribution in [0.4, 0.5) is 9.57 Å². The second-order valence-corrected chi connectivity index (χ2v) is 6.96. The number of non-ortho nitro benzene ring substituents is 1. The summed E-state index contributed by atoms with van der Waals surface area (Å²) in [4.78, 5) is 9.59. The lowest BCUT2D eigenvalue weighted by Crippen LogP contribution is -1.92. The summed E-state index contributed by atoms with van der Waals surface area (Å²) in [7, 11) is -4.80. The summed E-state index contributed by atoms with van der Waals surface area (Å²) in [5.41, 5.74) is 0.975. The summed E-state index contributed by atoms with van der Waals surface area (Å²) in [5.74, 6) is 0. The maximum absolute atomic E-state index is 12.9. The van der Waals surface area contributed by atoms with Gasteiger partial charge in [0.2, 0.25) is 0 Å². The molecule has 0 bridgehead atoms. The van der Waals surface area contributed by atoms with Crippen LogP contribution in [-0.4, -0.2) is 13.3 Å². The quantitative estimate of drug-likeness (QED) is 0.295. The normalized spacial score (nSPS) is 12.1. The minimum Gasteiger partial charge on any atom is -0.258 e. The van der Waals surface area contributed by atoms with Gasteiger partial charge in [-0.25, -0.2) is 0 Å². The number of hydrogen-bond acceptors (Lipinski definition) is 4. The highest BCUT2D eigenvalue weighted by Gasteiger charge is 2.12. The first-order valence-corrected chi connectivity index (χ1v) is 8.85. The molecule has 0 aromatic heterocycles. The van der Waals surface area contributed by atoms with Crippen LogP contribution >= 0.6 is 23.2 Å². The van der Waals surface area contributed by atoms with Crippen LogP contribution in [0.1, 0.15) is 11.1 Å². The summed E-state index contributed by atoms with van der Waals surface area (Å²) in [6.07, 6.45) is 6.47. The van der Waals surface area contributed by atoms with Gasteiger partial charge in [0.1, 0.15) is 0 Å². The van der Waals surface area contributed by atoms with Gasteiger partial charge in [0.15, 0.2) is 0 Å². The SMILES string of the molecule is O=[N+]([O-])c1ccc(/C=C\C=C/c2ccc(S(=O)(=O)F)cc2Cl)c(Cl)c1. The van der Waals surface area contributed by atoms with Crippen molar-refractivity contribution >= 4 is 51.3 Å². The van der Waals surface area contributed by atoms with Crippen molar-refractivity contribution < 1.29 is 17.2 Å². The fourth-order valence-electron chi connectivity index (χ4n) is 1.88. The van der Waals surface area contributed by atoms with Crippen LogP contribution in [0.25, 0.3) is 12.2 Å². The lowest BCUT2D eigenvalue weighted by atomic mass is 10.1. The van der Waals surface area contributed by atoms with Gasteiger partial charge in [-0.15, -0.1) is 3.89 Å². The molecule has 130 valence electrons. The summed E-state index contributed by atoms with van der Waals surface area (Å²) >= 11 is 11.9. The Kier molecular flexibility index (Phi) is 5.94. The maximum atomic E-state index is 12.9. The van der Waals surface area contributed by atoms with Gasteiger partial charge in [0, 0.05) is 17.2 Å². The van der Waals surface area contributed by atoms with E-state index in [2.05, 4.69) is 0 Å². The fraction of sp³-hybridized carbons (Fsp3) is 0.